The van der Waals surface area contributed by atoms with Gasteiger partial charge in [-0.15, -0.1) is 0 Å². The summed E-state index contributed by atoms with van der Waals surface area (Å²) in [6, 6.07) is 38.7. The van der Waals surface area contributed by atoms with Gasteiger partial charge in [-0.2, -0.15) is 0 Å². The van der Waals surface area contributed by atoms with E-state index < -0.39 is 5.91 Å². The van der Waals surface area contributed by atoms with Crippen molar-refractivity contribution >= 4 is 69.6 Å². The molecule has 4 N–H and O–H groups in total. The number of aromatic nitrogens is 5. The predicted octanol–water partition coefficient (Wildman–Crippen LogP) is 8.14. The van der Waals surface area contributed by atoms with Gasteiger partial charge in [0.1, 0.15) is 0 Å². The first kappa shape index (κ1) is 48.9. The van der Waals surface area contributed by atoms with Gasteiger partial charge in [0.25, 0.3) is 0 Å². The molecule has 17 nitrogen and oxygen atoms in total. The van der Waals surface area contributed by atoms with E-state index in [0.717, 1.165) is 91.3 Å². The first-order chi connectivity index (χ1) is 36.2. The molecule has 0 spiro atoms. The topological polar surface area (TPSA) is 199 Å². The van der Waals surface area contributed by atoms with Gasteiger partial charge < -0.3 is 36.0 Å². The van der Waals surface area contributed by atoms with Gasteiger partial charge in [0, 0.05) is 141 Å². The van der Waals surface area contributed by atoms with Crippen molar-refractivity contribution in [1.29, 1.82) is 0 Å². The number of rotatable bonds is 16. The number of piperazine rings is 2. The maximum absolute atomic E-state index is 13.9. The zero-order chi connectivity index (χ0) is 50.8. The summed E-state index contributed by atoms with van der Waals surface area (Å²) in [4.78, 5) is 84.6. The van der Waals surface area contributed by atoms with E-state index in [-0.39, 0.29) is 30.6 Å². The van der Waals surface area contributed by atoms with Crippen LogP contribution < -0.4 is 31.1 Å². The first-order valence-electron chi connectivity index (χ1n) is 25.4. The fraction of sp³-hybridized carbons (Fsp3) is 0.281. The van der Waals surface area contributed by atoms with E-state index in [2.05, 4.69) is 59.7 Å². The third-order valence-electron chi connectivity index (χ3n) is 13.9. The molecule has 7 aromatic rings. The SMILES string of the molecule is NC(=O)CCC(=O)N(c1ccc(-c2ccnc(Nc3cccc(N4CCN(C(=O)Cc5cccnc5)CC4)c3)n2)cc1)c1ccc(-c2ccnc(Nc3cccc(N4CCN(C(=O)C5CCCC5)CC4)c3)n2)cc1. The summed E-state index contributed by atoms with van der Waals surface area (Å²) in [5.74, 6) is 0.644. The molecule has 10 rings (SSSR count). The highest BCUT2D eigenvalue weighted by Crippen LogP contribution is 2.33. The quantitative estimate of drug-likeness (QED) is 0.0839. The van der Waals surface area contributed by atoms with Crippen LogP contribution in [0.3, 0.4) is 0 Å². The lowest BCUT2D eigenvalue weighted by molar-refractivity contribution is -0.135. The van der Waals surface area contributed by atoms with Crippen LogP contribution >= 0.6 is 0 Å². The van der Waals surface area contributed by atoms with Gasteiger partial charge in [-0.3, -0.25) is 29.1 Å². The minimum atomic E-state index is -0.557. The van der Waals surface area contributed by atoms with Crippen LogP contribution in [0.5, 0.6) is 0 Å². The summed E-state index contributed by atoms with van der Waals surface area (Å²) in [6.07, 6.45) is 11.4. The van der Waals surface area contributed by atoms with E-state index in [1.165, 1.54) is 0 Å². The lowest BCUT2D eigenvalue weighted by Gasteiger charge is -2.37. The van der Waals surface area contributed by atoms with Crippen molar-refractivity contribution in [1.82, 2.24) is 34.7 Å². The number of nitrogens with two attached hydrogens (primary N) is 1. The number of hydrogen-bond donors (Lipinski definition) is 3. The average molecular weight is 990 g/mol. The molecule has 2 saturated heterocycles. The summed E-state index contributed by atoms with van der Waals surface area (Å²) in [5, 5.41) is 6.73. The third kappa shape index (κ3) is 12.0. The first-order valence-corrected chi connectivity index (χ1v) is 25.4. The van der Waals surface area contributed by atoms with Crippen LogP contribution in [-0.4, -0.2) is 111 Å². The second-order valence-corrected chi connectivity index (χ2v) is 18.9. The lowest BCUT2D eigenvalue weighted by Crippen LogP contribution is -2.50. The number of hydrogen-bond acceptors (Lipinski definition) is 13. The van der Waals surface area contributed by atoms with Crippen molar-refractivity contribution in [3.63, 3.8) is 0 Å². The van der Waals surface area contributed by atoms with Gasteiger partial charge in [-0.05, 0) is 97.3 Å². The molecule has 0 atom stereocenters. The molecule has 5 heterocycles. The number of nitrogens with one attached hydrogen (secondary N) is 2. The van der Waals surface area contributed by atoms with Gasteiger partial charge >= 0.3 is 0 Å². The molecular formula is C57H59N13O4. The summed E-state index contributed by atoms with van der Waals surface area (Å²) >= 11 is 0. The van der Waals surface area contributed by atoms with E-state index >= 15 is 0 Å². The Bertz CT molecular complexity index is 3080. The zero-order valence-electron chi connectivity index (χ0n) is 41.2. The smallest absolute Gasteiger partial charge is 0.232 e. The highest BCUT2D eigenvalue weighted by Gasteiger charge is 2.30. The van der Waals surface area contributed by atoms with Gasteiger partial charge in [-0.25, -0.2) is 19.9 Å². The Morgan fingerprint density at radius 3 is 1.61 bits per heavy atom. The second kappa shape index (κ2) is 22.8. The van der Waals surface area contributed by atoms with E-state index in [9.17, 15) is 19.2 Å². The fourth-order valence-corrected chi connectivity index (χ4v) is 9.94. The van der Waals surface area contributed by atoms with E-state index in [1.807, 2.05) is 107 Å². The number of nitrogens with zero attached hydrogens (tertiary/aromatic N) is 10. The Morgan fingerprint density at radius 2 is 1.11 bits per heavy atom. The number of pyridine rings is 1. The van der Waals surface area contributed by atoms with Gasteiger partial charge in [0.2, 0.25) is 35.5 Å². The molecule has 3 aromatic heterocycles. The molecule has 3 fully saturated rings. The molecule has 0 unspecified atom stereocenters. The molecule has 3 aliphatic rings. The number of benzene rings is 4. The Balaban J connectivity index is 0.779. The van der Waals surface area contributed by atoms with Crippen LogP contribution in [0.15, 0.2) is 146 Å². The number of carbonyl (C=O) groups is 4. The maximum Gasteiger partial charge on any atom is 0.232 e. The Labute approximate surface area is 430 Å². The predicted molar refractivity (Wildman–Crippen MR) is 287 cm³/mol. The zero-order valence-corrected chi connectivity index (χ0v) is 41.2. The standard InChI is InChI=1S/C57H59N13O4/c58-52(71)21-22-53(72)70(47-19-15-42(16-20-47)51-24-27-61-57(65-51)63-45-10-4-12-49(38-45)67-30-34-69(35-31-67)55(74)43-7-1-2-8-43)46-17-13-41(14-18-46)50-23-26-60-56(64-50)62-44-9-3-11-48(37-44)66-28-32-68(33-29-66)54(73)36-40-6-5-25-59-39-40/h3-6,9-20,23-27,37-39,43H,1-2,7-8,21-22,28-36H2,(H2,58,71)(H,60,62,64)(H,61,63,65). The lowest BCUT2D eigenvalue weighted by atomic mass is 10.1. The highest BCUT2D eigenvalue weighted by molar-refractivity contribution is 6.02. The fourth-order valence-electron chi connectivity index (χ4n) is 9.94. The Kier molecular flexibility index (Phi) is 15.0. The van der Waals surface area contributed by atoms with Crippen LogP contribution in [-0.2, 0) is 25.6 Å². The molecule has 2 aliphatic heterocycles. The number of anilines is 8. The minimum Gasteiger partial charge on any atom is -0.370 e. The molecule has 376 valence electrons. The van der Waals surface area contributed by atoms with Crippen LogP contribution in [0.4, 0.5) is 46.0 Å². The van der Waals surface area contributed by atoms with E-state index in [4.69, 9.17) is 15.7 Å². The van der Waals surface area contributed by atoms with Crippen molar-refractivity contribution in [2.75, 3.05) is 77.7 Å². The Hall–Kier alpha value is -8.73. The monoisotopic (exact) mass is 989 g/mol. The third-order valence-corrected chi connectivity index (χ3v) is 13.9. The van der Waals surface area contributed by atoms with Crippen molar-refractivity contribution in [2.45, 2.75) is 44.9 Å². The van der Waals surface area contributed by atoms with Crippen LogP contribution in [0.2, 0.25) is 0 Å². The Morgan fingerprint density at radius 1 is 0.581 bits per heavy atom. The van der Waals surface area contributed by atoms with Crippen molar-refractivity contribution < 1.29 is 19.2 Å². The van der Waals surface area contributed by atoms with Crippen LogP contribution in [0.1, 0.15) is 44.1 Å². The molecule has 74 heavy (non-hydrogen) atoms. The molecular weight excluding hydrogens is 931 g/mol. The van der Waals surface area contributed by atoms with Gasteiger partial charge in [0.05, 0.1) is 17.8 Å². The molecule has 0 bridgehead atoms. The van der Waals surface area contributed by atoms with Crippen molar-refractivity contribution in [3.05, 3.63) is 152 Å². The highest BCUT2D eigenvalue weighted by atomic mass is 16.2. The molecule has 4 amide bonds. The van der Waals surface area contributed by atoms with E-state index in [0.29, 0.717) is 73.2 Å². The van der Waals surface area contributed by atoms with Crippen molar-refractivity contribution in [2.24, 2.45) is 11.7 Å². The molecule has 4 aromatic carbocycles. The summed E-state index contributed by atoms with van der Waals surface area (Å²) < 4.78 is 0. The maximum atomic E-state index is 13.9. The molecule has 17 heteroatoms. The summed E-state index contributed by atoms with van der Waals surface area (Å²) in [6.45, 7) is 5.73. The van der Waals surface area contributed by atoms with Crippen molar-refractivity contribution in [3.8, 4) is 22.5 Å². The number of primary amides is 1. The van der Waals surface area contributed by atoms with Crippen LogP contribution in [0, 0.1) is 5.92 Å². The van der Waals surface area contributed by atoms with Crippen LogP contribution in [0.25, 0.3) is 22.5 Å². The van der Waals surface area contributed by atoms with E-state index in [1.54, 1.807) is 29.7 Å². The normalized spacial score (nSPS) is 14.9. The summed E-state index contributed by atoms with van der Waals surface area (Å²) in [5.41, 5.74) is 14.4. The number of amides is 4. The average Bonchev–Trinajstić information content (AvgIpc) is 3.99. The molecule has 1 aliphatic carbocycles. The summed E-state index contributed by atoms with van der Waals surface area (Å²) in [7, 11) is 0. The second-order valence-electron chi connectivity index (χ2n) is 18.9. The van der Waals surface area contributed by atoms with Gasteiger partial charge in [-0.1, -0.05) is 55.3 Å². The molecule has 1 saturated carbocycles. The number of carbonyl (C=O) groups excluding carboxylic acids is 4. The minimum absolute atomic E-state index is 0.0673. The largest absolute Gasteiger partial charge is 0.370 e. The van der Waals surface area contributed by atoms with Gasteiger partial charge in [0.15, 0.2) is 0 Å². The molecule has 0 radical (unpaired) electrons.